The molecular weight excluding hydrogens is 591 g/mol. The number of benzene rings is 4. The van der Waals surface area contributed by atoms with Gasteiger partial charge in [-0.25, -0.2) is 0 Å². The van der Waals surface area contributed by atoms with E-state index in [0.29, 0.717) is 13.4 Å². The van der Waals surface area contributed by atoms with Crippen molar-refractivity contribution in [3.05, 3.63) is 127 Å². The van der Waals surface area contributed by atoms with Crippen molar-refractivity contribution in [2.45, 2.75) is 0 Å². The highest BCUT2D eigenvalue weighted by Gasteiger charge is 2.05. The molecule has 3 N–H and O–H groups in total. The minimum absolute atomic E-state index is 0.627. The highest BCUT2D eigenvalue weighted by molar-refractivity contribution is 9.10. The number of aromatic amines is 2. The molecule has 0 saturated carbocycles. The average molecular weight is 614 g/mol. The highest BCUT2D eigenvalue weighted by Crippen LogP contribution is 2.30. The van der Waals surface area contributed by atoms with Crippen LogP contribution < -0.4 is 4.65 Å². The van der Waals surface area contributed by atoms with E-state index in [9.17, 15) is 0 Å². The standard InChI is InChI=1S/C16H11N3.C9H7BNO2.C7H5BrN2/c1-2-12-9-17-7-6-15(12)14(3-1)11-4-5-16-13(8-11)10-18-19-16;12-10-13-9-3-1-2-7-6-11-5-4-8(7)9;8-6-1-2-7-5(3-6)4-9-10-7/h1-10H,(H,18,19);1-6,12H;1-4H,(H,9,10). The Balaban J connectivity index is 0.000000120. The molecule has 0 spiro atoms. The Bertz CT molecular complexity index is 2100. The van der Waals surface area contributed by atoms with Gasteiger partial charge >= 0.3 is 7.69 Å². The second-order valence-corrected chi connectivity index (χ2v) is 10.2. The van der Waals surface area contributed by atoms with Crippen molar-refractivity contribution >= 4 is 67.0 Å². The second-order valence-electron chi connectivity index (χ2n) is 9.25. The van der Waals surface area contributed by atoms with Crippen LogP contribution in [0.1, 0.15) is 0 Å². The third-order valence-electron chi connectivity index (χ3n) is 6.65. The molecule has 0 aliphatic rings. The maximum absolute atomic E-state index is 8.52. The van der Waals surface area contributed by atoms with Crippen LogP contribution in [0.2, 0.25) is 0 Å². The van der Waals surface area contributed by atoms with Crippen molar-refractivity contribution in [3.63, 3.8) is 0 Å². The van der Waals surface area contributed by atoms with Crippen molar-refractivity contribution in [2.24, 2.45) is 0 Å². The van der Waals surface area contributed by atoms with E-state index in [1.165, 1.54) is 16.5 Å². The summed E-state index contributed by atoms with van der Waals surface area (Å²) >= 11 is 3.38. The first-order valence-corrected chi connectivity index (χ1v) is 13.8. The molecule has 0 bridgehead atoms. The van der Waals surface area contributed by atoms with Gasteiger partial charge in [0.05, 0.1) is 23.4 Å². The average Bonchev–Trinajstić information content (AvgIpc) is 3.71. The van der Waals surface area contributed by atoms with Crippen molar-refractivity contribution in [3.8, 4) is 16.9 Å². The van der Waals surface area contributed by atoms with Gasteiger partial charge in [0, 0.05) is 56.2 Å². The number of H-pyrrole nitrogens is 2. The summed E-state index contributed by atoms with van der Waals surface area (Å²) in [6.07, 6.45) is 10.8. The number of nitrogens with one attached hydrogen (secondary N) is 2. The minimum atomic E-state index is 0.627. The monoisotopic (exact) mass is 613 g/mol. The van der Waals surface area contributed by atoms with E-state index in [4.69, 9.17) is 9.68 Å². The molecule has 1 radical (unpaired) electrons. The number of fused-ring (bicyclic) bond motifs is 4. The van der Waals surface area contributed by atoms with Crippen LogP contribution in [-0.4, -0.2) is 43.1 Å². The minimum Gasteiger partial charge on any atom is -0.537 e. The first-order chi connectivity index (χ1) is 20.7. The van der Waals surface area contributed by atoms with Gasteiger partial charge in [-0.15, -0.1) is 0 Å². The van der Waals surface area contributed by atoms with Crippen LogP contribution in [0.15, 0.2) is 127 Å². The number of hydrogen-bond donors (Lipinski definition) is 3. The fourth-order valence-corrected chi connectivity index (χ4v) is 5.03. The maximum atomic E-state index is 8.52. The van der Waals surface area contributed by atoms with Crippen LogP contribution in [0.25, 0.3) is 54.5 Å². The zero-order chi connectivity index (χ0) is 28.7. The number of hydrogen-bond acceptors (Lipinski definition) is 6. The van der Waals surface area contributed by atoms with Gasteiger partial charge < -0.3 is 9.68 Å². The molecule has 0 atom stereocenters. The third kappa shape index (κ3) is 6.00. The summed E-state index contributed by atoms with van der Waals surface area (Å²) in [6.45, 7) is 0. The van der Waals surface area contributed by atoms with E-state index in [1.807, 2.05) is 55.0 Å². The molecule has 8 aromatic rings. The van der Waals surface area contributed by atoms with Crippen LogP contribution in [0.4, 0.5) is 0 Å². The Kier molecular flexibility index (Phi) is 8.16. The zero-order valence-corrected chi connectivity index (χ0v) is 23.7. The summed E-state index contributed by atoms with van der Waals surface area (Å²) in [5.41, 5.74) is 4.56. The van der Waals surface area contributed by atoms with Gasteiger partial charge in [0.25, 0.3) is 0 Å². The van der Waals surface area contributed by atoms with Crippen molar-refractivity contribution in [1.29, 1.82) is 0 Å². The predicted molar refractivity (Wildman–Crippen MR) is 171 cm³/mol. The van der Waals surface area contributed by atoms with Crippen LogP contribution >= 0.6 is 15.9 Å². The van der Waals surface area contributed by atoms with Gasteiger partial charge in [0.15, 0.2) is 0 Å². The van der Waals surface area contributed by atoms with Gasteiger partial charge in [0.1, 0.15) is 5.75 Å². The first-order valence-electron chi connectivity index (χ1n) is 13.0. The molecule has 0 aliphatic heterocycles. The lowest BCUT2D eigenvalue weighted by atomic mass is 9.99. The molecule has 4 aromatic carbocycles. The highest BCUT2D eigenvalue weighted by atomic mass is 79.9. The van der Waals surface area contributed by atoms with E-state index in [0.717, 1.165) is 42.4 Å². The fourth-order valence-electron chi connectivity index (χ4n) is 4.65. The van der Waals surface area contributed by atoms with Crippen LogP contribution in [0.3, 0.4) is 0 Å². The van der Waals surface area contributed by atoms with Gasteiger partial charge in [-0.2, -0.15) is 10.2 Å². The third-order valence-corrected chi connectivity index (χ3v) is 7.15. The number of aromatic nitrogens is 6. The van der Waals surface area contributed by atoms with Crippen LogP contribution in [-0.2, 0) is 0 Å². The molecule has 4 heterocycles. The van der Waals surface area contributed by atoms with Gasteiger partial charge in [0.2, 0.25) is 0 Å². The summed E-state index contributed by atoms with van der Waals surface area (Å²) in [5, 5.41) is 28.9. The largest absolute Gasteiger partial charge is 0.569 e. The van der Waals surface area contributed by atoms with Crippen molar-refractivity contribution in [2.75, 3.05) is 0 Å². The van der Waals surface area contributed by atoms with Crippen molar-refractivity contribution < 1.29 is 9.68 Å². The lowest BCUT2D eigenvalue weighted by Crippen LogP contribution is -1.99. The summed E-state index contributed by atoms with van der Waals surface area (Å²) in [4.78, 5) is 8.16. The van der Waals surface area contributed by atoms with Crippen molar-refractivity contribution in [1.82, 2.24) is 30.4 Å². The second kappa shape index (κ2) is 12.6. The quantitative estimate of drug-likeness (QED) is 0.181. The molecule has 8 nitrogen and oxygen atoms in total. The summed E-state index contributed by atoms with van der Waals surface area (Å²) in [7, 11) is 0.676. The summed E-state index contributed by atoms with van der Waals surface area (Å²) < 4.78 is 6.01. The zero-order valence-electron chi connectivity index (χ0n) is 22.1. The molecule has 0 unspecified atom stereocenters. The molecule has 10 heteroatoms. The van der Waals surface area contributed by atoms with E-state index in [2.05, 4.69) is 88.8 Å². The number of rotatable bonds is 3. The Labute approximate surface area is 249 Å². The first kappa shape index (κ1) is 27.1. The lowest BCUT2D eigenvalue weighted by molar-refractivity contribution is 0.456. The van der Waals surface area contributed by atoms with E-state index in [1.54, 1.807) is 24.7 Å². The topological polar surface area (TPSA) is 113 Å². The Hall–Kier alpha value is -5.06. The van der Waals surface area contributed by atoms with Gasteiger partial charge in [-0.3, -0.25) is 20.2 Å². The lowest BCUT2D eigenvalue weighted by Gasteiger charge is -2.06. The van der Waals surface area contributed by atoms with E-state index >= 15 is 0 Å². The molecule has 0 fully saturated rings. The Morgan fingerprint density at radius 1 is 0.643 bits per heavy atom. The molecular formula is C32H23BBrN6O2. The smallest absolute Gasteiger partial charge is 0.537 e. The SMILES string of the molecule is Brc1ccc2[nH]ncc2c1.O[B]Oc1cccc2cnccc12.c1cc(-c2ccc3[nH]ncc3c2)c2ccncc2c1. The molecule has 203 valence electrons. The van der Waals surface area contributed by atoms with E-state index < -0.39 is 0 Å². The number of nitrogens with zero attached hydrogens (tertiary/aromatic N) is 4. The maximum Gasteiger partial charge on any atom is 0.569 e. The number of halogens is 1. The molecule has 8 rings (SSSR count). The summed E-state index contributed by atoms with van der Waals surface area (Å²) in [5.74, 6) is 0.627. The van der Waals surface area contributed by atoms with Crippen LogP contribution in [0.5, 0.6) is 5.75 Å². The Morgan fingerprint density at radius 2 is 1.29 bits per heavy atom. The number of pyridine rings is 2. The molecule has 0 aliphatic carbocycles. The fraction of sp³-hybridized carbons (Fsp3) is 0. The van der Waals surface area contributed by atoms with E-state index in [-0.39, 0.29) is 0 Å². The molecule has 42 heavy (non-hydrogen) atoms. The Morgan fingerprint density at radius 3 is 2.02 bits per heavy atom. The molecule has 0 amide bonds. The normalized spacial score (nSPS) is 10.6. The van der Waals surface area contributed by atoms with Crippen LogP contribution in [0, 0.1) is 0 Å². The van der Waals surface area contributed by atoms with Gasteiger partial charge in [-0.05, 0) is 65.0 Å². The summed E-state index contributed by atoms with van der Waals surface area (Å²) in [6, 6.07) is 28.1. The van der Waals surface area contributed by atoms with Gasteiger partial charge in [-0.1, -0.05) is 52.3 Å². The molecule has 4 aromatic heterocycles. The molecule has 0 saturated heterocycles. The predicted octanol–water partition coefficient (Wildman–Crippen LogP) is 7.24.